The molecule has 2 aromatic carbocycles. The number of benzene rings is 2. The van der Waals surface area contributed by atoms with Gasteiger partial charge in [0, 0.05) is 42.2 Å². The first-order valence-corrected chi connectivity index (χ1v) is 13.3. The number of nitrogens with zero attached hydrogens (tertiary/aromatic N) is 3. The van der Waals surface area contributed by atoms with E-state index in [4.69, 9.17) is 11.6 Å². The molecule has 5 rings (SSSR count). The number of amides is 1. The van der Waals surface area contributed by atoms with Gasteiger partial charge in [0.2, 0.25) is 0 Å². The van der Waals surface area contributed by atoms with Gasteiger partial charge in [-0.15, -0.1) is 11.3 Å². The molecule has 2 N–H and O–H groups in total. The Morgan fingerprint density at radius 3 is 2.52 bits per heavy atom. The molecule has 0 unspecified atom stereocenters. The monoisotopic (exact) mass is 626 g/mol. The molecular formula is C27H17ClF6N4O3S. The van der Waals surface area contributed by atoms with Crippen LogP contribution in [-0.2, 0) is 11.0 Å². The molecule has 1 aliphatic heterocycles. The van der Waals surface area contributed by atoms with Gasteiger partial charge in [0.05, 0.1) is 27.8 Å². The molecule has 0 bridgehead atoms. The van der Waals surface area contributed by atoms with Crippen molar-refractivity contribution in [3.05, 3.63) is 93.2 Å². The minimum Gasteiger partial charge on any atom is -0.481 e. The van der Waals surface area contributed by atoms with E-state index in [9.17, 15) is 41.0 Å². The van der Waals surface area contributed by atoms with Crippen molar-refractivity contribution in [3.8, 4) is 11.3 Å². The summed E-state index contributed by atoms with van der Waals surface area (Å²) in [6.45, 7) is -0.0746. The van der Waals surface area contributed by atoms with Crippen molar-refractivity contribution in [2.45, 2.75) is 12.1 Å². The van der Waals surface area contributed by atoms with Gasteiger partial charge in [-0.3, -0.25) is 14.9 Å². The summed E-state index contributed by atoms with van der Waals surface area (Å²) in [6.07, 6.45) is -3.73. The van der Waals surface area contributed by atoms with E-state index in [1.165, 1.54) is 28.6 Å². The van der Waals surface area contributed by atoms with Gasteiger partial charge in [0.1, 0.15) is 23.3 Å². The third-order valence-electron chi connectivity index (χ3n) is 6.69. The van der Waals surface area contributed by atoms with E-state index in [0.717, 1.165) is 29.5 Å². The predicted octanol–water partition coefficient (Wildman–Crippen LogP) is 6.85. The summed E-state index contributed by atoms with van der Waals surface area (Å²) < 4.78 is 81.5. The van der Waals surface area contributed by atoms with E-state index >= 15 is 0 Å². The third-order valence-corrected chi connectivity index (χ3v) is 7.72. The molecule has 1 fully saturated rings. The summed E-state index contributed by atoms with van der Waals surface area (Å²) in [5.74, 6) is -6.81. The van der Waals surface area contributed by atoms with Crippen LogP contribution in [0.4, 0.5) is 37.3 Å². The van der Waals surface area contributed by atoms with Crippen LogP contribution < -0.4 is 10.2 Å². The molecule has 2 atom stereocenters. The zero-order valence-corrected chi connectivity index (χ0v) is 22.5. The summed E-state index contributed by atoms with van der Waals surface area (Å²) in [6, 6.07) is 6.97. The van der Waals surface area contributed by atoms with Crippen molar-refractivity contribution in [3.63, 3.8) is 0 Å². The highest BCUT2D eigenvalue weighted by Gasteiger charge is 2.41. The highest BCUT2D eigenvalue weighted by Crippen LogP contribution is 2.39. The fourth-order valence-corrected chi connectivity index (χ4v) is 5.70. The molecule has 3 heterocycles. The summed E-state index contributed by atoms with van der Waals surface area (Å²) in [5, 5.41) is 13.4. The van der Waals surface area contributed by atoms with E-state index in [0.29, 0.717) is 12.1 Å². The molecule has 0 radical (unpaired) electrons. The molecule has 1 amide bonds. The highest BCUT2D eigenvalue weighted by molar-refractivity contribution is 7.14. The quantitative estimate of drug-likeness (QED) is 0.227. The Morgan fingerprint density at radius 1 is 1.10 bits per heavy atom. The van der Waals surface area contributed by atoms with Crippen LogP contribution >= 0.6 is 22.9 Å². The van der Waals surface area contributed by atoms with Crippen LogP contribution in [0.2, 0.25) is 5.02 Å². The van der Waals surface area contributed by atoms with Gasteiger partial charge in [0.15, 0.2) is 5.13 Å². The SMILES string of the molecule is O=C(Nc1nc(-c2cccc(C(F)(F)F)c2F)cs1)c1cnc(N2C[C@@H](C(=O)O)[C@H](c3ccc(F)cc3F)C2)c(Cl)c1. The average molecular weight is 627 g/mol. The topological polar surface area (TPSA) is 95.4 Å². The first kappa shape index (κ1) is 29.3. The standard InChI is InChI=1S/C27H17ClF6N4O3S/c28-19-6-12(24(39)37-26-36-21(11-42-26)15-2-1-3-18(22(15)31)27(32,33)34)8-35-23(19)38-9-16(17(10-38)25(40)41)14-5-4-13(29)7-20(14)30/h1-8,11,16-17H,9-10H2,(H,40,41)(H,36,37,39)/t16-,17+/m0/s1. The fraction of sp³-hybridized carbons (Fsp3) is 0.185. The first-order chi connectivity index (χ1) is 19.8. The molecule has 15 heteroatoms. The second-order valence-electron chi connectivity index (χ2n) is 9.31. The maximum absolute atomic E-state index is 14.5. The van der Waals surface area contributed by atoms with E-state index < -0.39 is 52.9 Å². The smallest absolute Gasteiger partial charge is 0.419 e. The molecular weight excluding hydrogens is 610 g/mol. The Labute approximate surface area is 242 Å². The van der Waals surface area contributed by atoms with Crippen molar-refractivity contribution >= 4 is 45.8 Å². The number of halogens is 7. The Hall–Kier alpha value is -4.17. The largest absolute Gasteiger partial charge is 0.481 e. The molecule has 1 aliphatic rings. The third kappa shape index (κ3) is 5.77. The van der Waals surface area contributed by atoms with Crippen LogP contribution in [-0.4, -0.2) is 40.0 Å². The highest BCUT2D eigenvalue weighted by atomic mass is 35.5. The lowest BCUT2D eigenvalue weighted by atomic mass is 9.88. The zero-order chi connectivity index (χ0) is 30.3. The molecule has 218 valence electrons. The van der Waals surface area contributed by atoms with Gasteiger partial charge in [-0.05, 0) is 29.8 Å². The summed E-state index contributed by atoms with van der Waals surface area (Å²) in [4.78, 5) is 34.4. The maximum Gasteiger partial charge on any atom is 0.419 e. The number of carboxylic acid groups (broad SMARTS) is 1. The van der Waals surface area contributed by atoms with Gasteiger partial charge in [0.25, 0.3) is 5.91 Å². The number of aliphatic carboxylic acids is 1. The summed E-state index contributed by atoms with van der Waals surface area (Å²) >= 11 is 7.24. The van der Waals surface area contributed by atoms with Gasteiger partial charge >= 0.3 is 12.1 Å². The minimum atomic E-state index is -4.90. The predicted molar refractivity (Wildman–Crippen MR) is 142 cm³/mol. The lowest BCUT2D eigenvalue weighted by Gasteiger charge is -2.19. The minimum absolute atomic E-state index is 0.00573. The molecule has 0 saturated carbocycles. The Kier molecular flexibility index (Phi) is 7.86. The zero-order valence-electron chi connectivity index (χ0n) is 20.9. The normalized spacial score (nSPS) is 17.0. The van der Waals surface area contributed by atoms with Crippen molar-refractivity contribution in [2.75, 3.05) is 23.3 Å². The van der Waals surface area contributed by atoms with E-state index in [-0.39, 0.29) is 51.4 Å². The number of alkyl halides is 3. The van der Waals surface area contributed by atoms with Gasteiger partial charge < -0.3 is 10.0 Å². The number of pyridine rings is 1. The molecule has 0 aliphatic carbocycles. The number of thiazole rings is 1. The van der Waals surface area contributed by atoms with Gasteiger partial charge in [-0.25, -0.2) is 23.1 Å². The first-order valence-electron chi connectivity index (χ1n) is 12.0. The van der Waals surface area contributed by atoms with Crippen LogP contribution in [0, 0.1) is 23.4 Å². The summed E-state index contributed by atoms with van der Waals surface area (Å²) in [5.41, 5.74) is -1.94. The van der Waals surface area contributed by atoms with Crippen molar-refractivity contribution in [1.29, 1.82) is 0 Å². The maximum atomic E-state index is 14.5. The second-order valence-corrected chi connectivity index (χ2v) is 10.6. The molecule has 2 aromatic heterocycles. The number of nitrogens with one attached hydrogen (secondary N) is 1. The number of hydrogen-bond acceptors (Lipinski definition) is 6. The van der Waals surface area contributed by atoms with Crippen molar-refractivity contribution < 1.29 is 41.0 Å². The van der Waals surface area contributed by atoms with Crippen LogP contribution in [0.1, 0.15) is 27.4 Å². The number of hydrogen-bond donors (Lipinski definition) is 2. The molecule has 42 heavy (non-hydrogen) atoms. The second kappa shape index (κ2) is 11.2. The lowest BCUT2D eigenvalue weighted by molar-refractivity contribution is -0.141. The van der Waals surface area contributed by atoms with Crippen LogP contribution in [0.5, 0.6) is 0 Å². The number of carbonyl (C=O) groups is 2. The Morgan fingerprint density at radius 2 is 1.86 bits per heavy atom. The average Bonchev–Trinajstić information content (AvgIpc) is 3.56. The van der Waals surface area contributed by atoms with Crippen LogP contribution in [0.15, 0.2) is 54.0 Å². The van der Waals surface area contributed by atoms with Crippen LogP contribution in [0.3, 0.4) is 0 Å². The van der Waals surface area contributed by atoms with Crippen molar-refractivity contribution in [2.24, 2.45) is 5.92 Å². The van der Waals surface area contributed by atoms with E-state index in [1.54, 1.807) is 0 Å². The number of aromatic nitrogens is 2. The lowest BCUT2D eigenvalue weighted by Crippen LogP contribution is -2.24. The number of carbonyl (C=O) groups excluding carboxylic acids is 1. The summed E-state index contributed by atoms with van der Waals surface area (Å²) in [7, 11) is 0. The van der Waals surface area contributed by atoms with Gasteiger partial charge in [-0.2, -0.15) is 13.2 Å². The Bertz CT molecular complexity index is 1700. The Balaban J connectivity index is 1.32. The number of anilines is 2. The molecule has 1 saturated heterocycles. The molecule has 4 aromatic rings. The molecule has 0 spiro atoms. The number of rotatable bonds is 6. The molecule has 7 nitrogen and oxygen atoms in total. The number of carboxylic acids is 1. The van der Waals surface area contributed by atoms with Crippen molar-refractivity contribution in [1.82, 2.24) is 9.97 Å². The van der Waals surface area contributed by atoms with Gasteiger partial charge in [-0.1, -0.05) is 23.7 Å². The van der Waals surface area contributed by atoms with E-state index in [1.807, 2.05) is 0 Å². The van der Waals surface area contributed by atoms with E-state index in [2.05, 4.69) is 15.3 Å². The fourth-order valence-electron chi connectivity index (χ4n) is 4.70. The van der Waals surface area contributed by atoms with Crippen LogP contribution in [0.25, 0.3) is 11.3 Å².